The van der Waals surface area contributed by atoms with Gasteiger partial charge in [-0.1, -0.05) is 6.07 Å². The van der Waals surface area contributed by atoms with E-state index in [1.54, 1.807) is 6.20 Å². The van der Waals surface area contributed by atoms with Crippen LogP contribution in [0.1, 0.15) is 19.5 Å². The molecular weight excluding hydrogens is 360 g/mol. The Morgan fingerprint density at radius 1 is 0.929 bits per heavy atom. The number of ether oxygens (including phenoxy) is 2. The summed E-state index contributed by atoms with van der Waals surface area (Å²) >= 11 is 0. The smallest absolute Gasteiger partial charge is 0.229 e. The lowest BCUT2D eigenvalue weighted by Crippen LogP contribution is -2.18. The maximum atomic E-state index is 5.49. The van der Waals surface area contributed by atoms with Crippen LogP contribution in [0.2, 0.25) is 0 Å². The molecule has 0 atom stereocenters. The minimum absolute atomic E-state index is 0.204. The summed E-state index contributed by atoms with van der Waals surface area (Å²) < 4.78 is 10.7. The van der Waals surface area contributed by atoms with Crippen molar-refractivity contribution in [2.24, 2.45) is 5.73 Å². The first kappa shape index (κ1) is 21.7. The molecular formula is C18H30N8O2. The van der Waals surface area contributed by atoms with E-state index in [0.717, 1.165) is 5.69 Å². The standard InChI is InChI=1S/C18H30N8O2/c1-14(2)23-18-25-16(21-8-10-28-12-11-27-9-6-19)24-17(26-18)22-13-15-5-3-4-7-20-15/h3-5,7,14H,6,8-13,19H2,1-2H3,(H3,21,22,23,24,25,26). The van der Waals surface area contributed by atoms with Crippen LogP contribution in [0.4, 0.5) is 17.8 Å². The Morgan fingerprint density at radius 2 is 1.64 bits per heavy atom. The van der Waals surface area contributed by atoms with Gasteiger partial charge in [-0.05, 0) is 26.0 Å². The Labute approximate surface area is 165 Å². The van der Waals surface area contributed by atoms with Gasteiger partial charge in [-0.2, -0.15) is 15.0 Å². The largest absolute Gasteiger partial charge is 0.378 e. The van der Waals surface area contributed by atoms with Gasteiger partial charge >= 0.3 is 0 Å². The fourth-order valence-corrected chi connectivity index (χ4v) is 2.17. The van der Waals surface area contributed by atoms with E-state index in [4.69, 9.17) is 15.2 Å². The van der Waals surface area contributed by atoms with Gasteiger partial charge in [-0.25, -0.2) is 0 Å². The summed E-state index contributed by atoms with van der Waals surface area (Å²) in [5.41, 5.74) is 6.26. The highest BCUT2D eigenvalue weighted by Crippen LogP contribution is 2.11. The number of rotatable bonds is 14. The molecule has 0 amide bonds. The number of pyridine rings is 1. The van der Waals surface area contributed by atoms with Crippen LogP contribution in [0.15, 0.2) is 24.4 Å². The summed E-state index contributed by atoms with van der Waals surface area (Å²) in [6.45, 7) is 7.79. The van der Waals surface area contributed by atoms with Gasteiger partial charge in [0.05, 0.1) is 38.7 Å². The number of hydrogen-bond acceptors (Lipinski definition) is 10. The molecule has 0 aromatic carbocycles. The molecule has 0 fully saturated rings. The van der Waals surface area contributed by atoms with Crippen molar-refractivity contribution < 1.29 is 9.47 Å². The van der Waals surface area contributed by atoms with Gasteiger partial charge in [-0.3, -0.25) is 4.98 Å². The van der Waals surface area contributed by atoms with Crippen molar-refractivity contribution in [2.75, 3.05) is 55.5 Å². The molecule has 0 aliphatic rings. The van der Waals surface area contributed by atoms with Crippen LogP contribution in [0.25, 0.3) is 0 Å². The van der Waals surface area contributed by atoms with E-state index in [0.29, 0.717) is 63.9 Å². The fourth-order valence-electron chi connectivity index (χ4n) is 2.17. The molecule has 2 heterocycles. The third-order valence-electron chi connectivity index (χ3n) is 3.37. The van der Waals surface area contributed by atoms with Crippen LogP contribution in [0, 0.1) is 0 Å². The molecule has 0 saturated heterocycles. The second kappa shape index (κ2) is 12.8. The zero-order chi connectivity index (χ0) is 20.0. The number of nitrogens with zero attached hydrogens (tertiary/aromatic N) is 4. The lowest BCUT2D eigenvalue weighted by Gasteiger charge is -2.13. The van der Waals surface area contributed by atoms with Crippen molar-refractivity contribution in [3.8, 4) is 0 Å². The van der Waals surface area contributed by atoms with Gasteiger partial charge < -0.3 is 31.2 Å². The zero-order valence-corrected chi connectivity index (χ0v) is 16.5. The van der Waals surface area contributed by atoms with E-state index in [-0.39, 0.29) is 6.04 Å². The molecule has 0 aliphatic carbocycles. The summed E-state index contributed by atoms with van der Waals surface area (Å²) in [5.74, 6) is 1.46. The molecule has 2 aromatic heterocycles. The molecule has 10 nitrogen and oxygen atoms in total. The highest BCUT2D eigenvalue weighted by molar-refractivity contribution is 5.42. The average molecular weight is 390 g/mol. The Hall–Kier alpha value is -2.56. The van der Waals surface area contributed by atoms with Crippen LogP contribution < -0.4 is 21.7 Å². The minimum atomic E-state index is 0.204. The van der Waals surface area contributed by atoms with E-state index >= 15 is 0 Å². The molecule has 0 spiro atoms. The molecule has 0 aliphatic heterocycles. The van der Waals surface area contributed by atoms with Crippen LogP contribution >= 0.6 is 0 Å². The van der Waals surface area contributed by atoms with Gasteiger partial charge in [0, 0.05) is 25.3 Å². The van der Waals surface area contributed by atoms with E-state index in [1.165, 1.54) is 0 Å². The predicted octanol–water partition coefficient (Wildman–Crippen LogP) is 1.10. The van der Waals surface area contributed by atoms with Crippen molar-refractivity contribution in [1.82, 2.24) is 19.9 Å². The fraction of sp³-hybridized carbons (Fsp3) is 0.556. The van der Waals surface area contributed by atoms with Gasteiger partial charge in [-0.15, -0.1) is 0 Å². The number of anilines is 3. The quantitative estimate of drug-likeness (QED) is 0.348. The van der Waals surface area contributed by atoms with Crippen LogP contribution in [-0.2, 0) is 16.0 Å². The molecule has 2 aromatic rings. The third-order valence-corrected chi connectivity index (χ3v) is 3.37. The van der Waals surface area contributed by atoms with Crippen molar-refractivity contribution in [1.29, 1.82) is 0 Å². The Bertz CT molecular complexity index is 672. The van der Waals surface area contributed by atoms with Gasteiger partial charge in [0.2, 0.25) is 17.8 Å². The molecule has 5 N–H and O–H groups in total. The maximum absolute atomic E-state index is 5.49. The summed E-state index contributed by atoms with van der Waals surface area (Å²) in [4.78, 5) is 17.5. The average Bonchev–Trinajstić information content (AvgIpc) is 2.69. The minimum Gasteiger partial charge on any atom is -0.378 e. The number of aromatic nitrogens is 4. The van der Waals surface area contributed by atoms with Crippen molar-refractivity contribution >= 4 is 17.8 Å². The molecule has 10 heteroatoms. The van der Waals surface area contributed by atoms with E-state index in [9.17, 15) is 0 Å². The highest BCUT2D eigenvalue weighted by Gasteiger charge is 2.08. The van der Waals surface area contributed by atoms with Crippen LogP contribution in [-0.4, -0.2) is 65.5 Å². The summed E-state index contributed by atoms with van der Waals surface area (Å²) in [5, 5.41) is 9.54. The monoisotopic (exact) mass is 390 g/mol. The van der Waals surface area contributed by atoms with Gasteiger partial charge in [0.1, 0.15) is 0 Å². The molecule has 0 bridgehead atoms. The molecule has 2 rings (SSSR count). The summed E-state index contributed by atoms with van der Waals surface area (Å²) in [6, 6.07) is 5.97. The number of nitrogens with two attached hydrogens (primary N) is 1. The summed E-state index contributed by atoms with van der Waals surface area (Å²) in [6.07, 6.45) is 1.75. The molecule has 0 saturated carbocycles. The van der Waals surface area contributed by atoms with E-state index < -0.39 is 0 Å². The maximum Gasteiger partial charge on any atom is 0.229 e. The molecule has 28 heavy (non-hydrogen) atoms. The third kappa shape index (κ3) is 8.89. The number of nitrogens with one attached hydrogen (secondary N) is 3. The Morgan fingerprint density at radius 3 is 2.32 bits per heavy atom. The lowest BCUT2D eigenvalue weighted by molar-refractivity contribution is 0.0547. The zero-order valence-electron chi connectivity index (χ0n) is 16.5. The Balaban J connectivity index is 1.85. The number of hydrogen-bond donors (Lipinski definition) is 4. The molecule has 0 radical (unpaired) electrons. The van der Waals surface area contributed by atoms with Crippen molar-refractivity contribution in [2.45, 2.75) is 26.4 Å². The molecule has 154 valence electrons. The van der Waals surface area contributed by atoms with Crippen molar-refractivity contribution in [3.63, 3.8) is 0 Å². The topological polar surface area (TPSA) is 132 Å². The first-order valence-corrected chi connectivity index (χ1v) is 9.43. The first-order valence-electron chi connectivity index (χ1n) is 9.43. The van der Waals surface area contributed by atoms with E-state index in [2.05, 4.69) is 35.9 Å². The first-order chi connectivity index (χ1) is 13.7. The second-order valence-electron chi connectivity index (χ2n) is 6.22. The van der Waals surface area contributed by atoms with Crippen LogP contribution in [0.5, 0.6) is 0 Å². The van der Waals surface area contributed by atoms with Crippen LogP contribution in [0.3, 0.4) is 0 Å². The second-order valence-corrected chi connectivity index (χ2v) is 6.22. The normalized spacial score (nSPS) is 10.9. The van der Waals surface area contributed by atoms with Gasteiger partial charge in [0.25, 0.3) is 0 Å². The molecule has 0 unspecified atom stereocenters. The SMILES string of the molecule is CC(C)Nc1nc(NCCOCCOCCN)nc(NCc2ccccn2)n1. The summed E-state index contributed by atoms with van der Waals surface area (Å²) in [7, 11) is 0. The van der Waals surface area contributed by atoms with Crippen molar-refractivity contribution in [3.05, 3.63) is 30.1 Å². The Kier molecular flexibility index (Phi) is 9.91. The lowest BCUT2D eigenvalue weighted by atomic mass is 10.3. The van der Waals surface area contributed by atoms with E-state index in [1.807, 2.05) is 32.0 Å². The highest BCUT2D eigenvalue weighted by atomic mass is 16.5. The predicted molar refractivity (Wildman–Crippen MR) is 109 cm³/mol. The van der Waals surface area contributed by atoms with Gasteiger partial charge in [0.15, 0.2) is 0 Å².